The van der Waals surface area contributed by atoms with Crippen molar-refractivity contribution in [1.29, 1.82) is 0 Å². The van der Waals surface area contributed by atoms with Gasteiger partial charge in [0, 0.05) is 13.0 Å². The van der Waals surface area contributed by atoms with Crippen molar-refractivity contribution in [3.05, 3.63) is 0 Å². The molecule has 4 heteroatoms. The highest BCUT2D eigenvalue weighted by Crippen LogP contribution is 2.20. The molecule has 1 heterocycles. The van der Waals surface area contributed by atoms with Crippen LogP contribution in [-0.2, 0) is 9.47 Å². The van der Waals surface area contributed by atoms with E-state index in [4.69, 9.17) is 20.9 Å². The van der Waals surface area contributed by atoms with Crippen molar-refractivity contribution in [1.82, 2.24) is 0 Å². The van der Waals surface area contributed by atoms with E-state index in [2.05, 4.69) is 0 Å². The average molecular weight is 146 g/mol. The number of hydrogen-bond donors (Lipinski definition) is 2. The maximum atomic E-state index is 5.45. The molecule has 4 nitrogen and oxygen atoms in total. The molecule has 1 aliphatic heterocycles. The van der Waals surface area contributed by atoms with Gasteiger partial charge in [0.05, 0.1) is 13.2 Å². The van der Waals surface area contributed by atoms with Crippen LogP contribution >= 0.6 is 0 Å². The molecular formula is C6H14N2O2. The molecule has 0 radical (unpaired) electrons. The molecule has 0 unspecified atom stereocenters. The third-order valence-electron chi connectivity index (χ3n) is 1.65. The number of nitrogens with two attached hydrogens (primary N) is 2. The van der Waals surface area contributed by atoms with Crippen molar-refractivity contribution in [2.75, 3.05) is 26.3 Å². The SMILES string of the molecule is NCCC1(CN)OCCO1. The van der Waals surface area contributed by atoms with Crippen molar-refractivity contribution in [3.8, 4) is 0 Å². The van der Waals surface area contributed by atoms with Crippen LogP contribution in [0.1, 0.15) is 6.42 Å². The van der Waals surface area contributed by atoms with Crippen molar-refractivity contribution in [2.45, 2.75) is 12.2 Å². The average Bonchev–Trinajstić information content (AvgIpc) is 2.39. The summed E-state index contributed by atoms with van der Waals surface area (Å²) in [5, 5.41) is 0. The first-order chi connectivity index (χ1) is 4.83. The Bertz CT molecular complexity index is 102. The summed E-state index contributed by atoms with van der Waals surface area (Å²) in [4.78, 5) is 0. The van der Waals surface area contributed by atoms with Crippen molar-refractivity contribution < 1.29 is 9.47 Å². The summed E-state index contributed by atoms with van der Waals surface area (Å²) < 4.78 is 10.6. The molecule has 0 aromatic heterocycles. The molecule has 1 fully saturated rings. The fourth-order valence-corrected chi connectivity index (χ4v) is 1.08. The van der Waals surface area contributed by atoms with Gasteiger partial charge in [-0.2, -0.15) is 0 Å². The Labute approximate surface area is 60.5 Å². The van der Waals surface area contributed by atoms with Crippen LogP contribution < -0.4 is 11.5 Å². The Morgan fingerprint density at radius 2 is 1.80 bits per heavy atom. The molecule has 4 N–H and O–H groups in total. The van der Waals surface area contributed by atoms with Gasteiger partial charge < -0.3 is 20.9 Å². The first-order valence-electron chi connectivity index (χ1n) is 3.51. The molecular weight excluding hydrogens is 132 g/mol. The zero-order valence-electron chi connectivity index (χ0n) is 6.01. The van der Waals surface area contributed by atoms with E-state index in [1.807, 2.05) is 0 Å². The van der Waals surface area contributed by atoms with Gasteiger partial charge in [-0.1, -0.05) is 0 Å². The normalized spacial score (nSPS) is 23.4. The monoisotopic (exact) mass is 146 g/mol. The summed E-state index contributed by atoms with van der Waals surface area (Å²) in [6, 6.07) is 0. The van der Waals surface area contributed by atoms with Gasteiger partial charge in [0.25, 0.3) is 0 Å². The van der Waals surface area contributed by atoms with Gasteiger partial charge in [-0.05, 0) is 6.54 Å². The van der Waals surface area contributed by atoms with E-state index in [-0.39, 0.29) is 0 Å². The number of rotatable bonds is 3. The summed E-state index contributed by atoms with van der Waals surface area (Å²) in [6.07, 6.45) is 0.684. The maximum Gasteiger partial charge on any atom is 0.181 e. The van der Waals surface area contributed by atoms with Crippen LogP contribution in [0, 0.1) is 0 Å². The molecule has 1 aliphatic rings. The van der Waals surface area contributed by atoms with Crippen LogP contribution in [0.25, 0.3) is 0 Å². The molecule has 0 aromatic rings. The lowest BCUT2D eigenvalue weighted by Gasteiger charge is -2.24. The topological polar surface area (TPSA) is 70.5 Å². The van der Waals surface area contributed by atoms with Gasteiger partial charge in [-0.25, -0.2) is 0 Å². The van der Waals surface area contributed by atoms with E-state index in [1.54, 1.807) is 0 Å². The van der Waals surface area contributed by atoms with Crippen molar-refractivity contribution in [3.63, 3.8) is 0 Å². The fraction of sp³-hybridized carbons (Fsp3) is 1.00. The van der Waals surface area contributed by atoms with Crippen molar-refractivity contribution >= 4 is 0 Å². The highest BCUT2D eigenvalue weighted by molar-refractivity contribution is 4.75. The second kappa shape index (κ2) is 3.30. The summed E-state index contributed by atoms with van der Waals surface area (Å²) in [6.45, 7) is 2.22. The molecule has 0 atom stereocenters. The minimum atomic E-state index is -0.561. The molecule has 1 saturated heterocycles. The van der Waals surface area contributed by atoms with Gasteiger partial charge in [0.15, 0.2) is 5.79 Å². The highest BCUT2D eigenvalue weighted by Gasteiger charge is 2.33. The van der Waals surface area contributed by atoms with Crippen LogP contribution in [0.4, 0.5) is 0 Å². The van der Waals surface area contributed by atoms with E-state index in [1.165, 1.54) is 0 Å². The quantitative estimate of drug-likeness (QED) is 0.538. The zero-order chi connectivity index (χ0) is 7.45. The summed E-state index contributed by atoms with van der Waals surface area (Å²) in [5.41, 5.74) is 10.8. The standard InChI is InChI=1S/C6H14N2O2/c7-2-1-6(5-8)9-3-4-10-6/h1-5,7-8H2. The van der Waals surface area contributed by atoms with E-state index in [9.17, 15) is 0 Å². The first-order valence-corrected chi connectivity index (χ1v) is 3.51. The van der Waals surface area contributed by atoms with Crippen LogP contribution in [0.5, 0.6) is 0 Å². The third-order valence-corrected chi connectivity index (χ3v) is 1.65. The number of ether oxygens (including phenoxy) is 2. The molecule has 0 amide bonds. The molecule has 1 rings (SSSR count). The molecule has 10 heavy (non-hydrogen) atoms. The number of hydrogen-bond acceptors (Lipinski definition) is 4. The Kier molecular flexibility index (Phi) is 2.62. The van der Waals surface area contributed by atoms with E-state index < -0.39 is 5.79 Å². The lowest BCUT2D eigenvalue weighted by molar-refractivity contribution is -0.151. The lowest BCUT2D eigenvalue weighted by Crippen LogP contribution is -2.40. The fourth-order valence-electron chi connectivity index (χ4n) is 1.08. The second-order valence-corrected chi connectivity index (χ2v) is 2.35. The minimum Gasteiger partial charge on any atom is -0.346 e. The smallest absolute Gasteiger partial charge is 0.181 e. The van der Waals surface area contributed by atoms with Gasteiger partial charge in [0.2, 0.25) is 0 Å². The Morgan fingerprint density at radius 3 is 2.20 bits per heavy atom. The highest BCUT2D eigenvalue weighted by atomic mass is 16.7. The van der Waals surface area contributed by atoms with E-state index >= 15 is 0 Å². The second-order valence-electron chi connectivity index (χ2n) is 2.35. The van der Waals surface area contributed by atoms with Crippen LogP contribution in [0.15, 0.2) is 0 Å². The Hall–Kier alpha value is -0.160. The molecule has 0 saturated carbocycles. The predicted molar refractivity (Wildman–Crippen MR) is 37.4 cm³/mol. The molecule has 60 valence electrons. The van der Waals surface area contributed by atoms with Crippen molar-refractivity contribution in [2.24, 2.45) is 11.5 Å². The Morgan fingerprint density at radius 1 is 1.20 bits per heavy atom. The molecule has 0 bridgehead atoms. The lowest BCUT2D eigenvalue weighted by atomic mass is 10.2. The van der Waals surface area contributed by atoms with Gasteiger partial charge >= 0.3 is 0 Å². The van der Waals surface area contributed by atoms with Crippen LogP contribution in [0.3, 0.4) is 0 Å². The molecule has 0 aliphatic carbocycles. The Balaban J connectivity index is 2.41. The van der Waals surface area contributed by atoms with Gasteiger partial charge in [0.1, 0.15) is 0 Å². The maximum absolute atomic E-state index is 5.45. The minimum absolute atomic E-state index is 0.393. The summed E-state index contributed by atoms with van der Waals surface area (Å²) in [5.74, 6) is -0.561. The van der Waals surface area contributed by atoms with E-state index in [0.29, 0.717) is 32.7 Å². The first kappa shape index (κ1) is 7.94. The van der Waals surface area contributed by atoms with Gasteiger partial charge in [-0.15, -0.1) is 0 Å². The zero-order valence-corrected chi connectivity index (χ0v) is 6.01. The summed E-state index contributed by atoms with van der Waals surface area (Å²) in [7, 11) is 0. The summed E-state index contributed by atoms with van der Waals surface area (Å²) >= 11 is 0. The largest absolute Gasteiger partial charge is 0.346 e. The molecule has 0 aromatic carbocycles. The van der Waals surface area contributed by atoms with Crippen LogP contribution in [0.2, 0.25) is 0 Å². The van der Waals surface area contributed by atoms with E-state index in [0.717, 1.165) is 0 Å². The molecule has 0 spiro atoms. The van der Waals surface area contributed by atoms with Crippen LogP contribution in [-0.4, -0.2) is 32.1 Å². The predicted octanol–water partition coefficient (Wildman–Crippen LogP) is -0.963. The van der Waals surface area contributed by atoms with Gasteiger partial charge in [-0.3, -0.25) is 0 Å². The third kappa shape index (κ3) is 1.46.